The summed E-state index contributed by atoms with van der Waals surface area (Å²) in [6.45, 7) is 9.72. The lowest BCUT2D eigenvalue weighted by atomic mass is 10.2. The van der Waals surface area contributed by atoms with Crippen LogP contribution in [-0.4, -0.2) is 32.3 Å². The molecular weight excluding hydrogens is 338 g/mol. The van der Waals surface area contributed by atoms with E-state index >= 15 is 0 Å². The minimum absolute atomic E-state index is 0.00933. The number of pyridine rings is 1. The molecular formula is C21H31N5O. The Morgan fingerprint density at radius 2 is 1.89 bits per heavy atom. The SMILES string of the molecule is CC.CCC(CO)Nc1cc(NCc2ccccc2)c2ncn(CC)c2n1. The van der Waals surface area contributed by atoms with Crippen molar-refractivity contribution in [1.29, 1.82) is 0 Å². The van der Waals surface area contributed by atoms with Gasteiger partial charge < -0.3 is 20.3 Å². The third kappa shape index (κ3) is 5.20. The third-order valence-corrected chi connectivity index (χ3v) is 4.30. The molecule has 146 valence electrons. The quantitative estimate of drug-likeness (QED) is 0.553. The van der Waals surface area contributed by atoms with Crippen LogP contribution in [0.15, 0.2) is 42.7 Å². The normalized spacial score (nSPS) is 11.6. The number of aromatic nitrogens is 3. The molecule has 2 heterocycles. The van der Waals surface area contributed by atoms with E-state index in [0.717, 1.165) is 42.2 Å². The lowest BCUT2D eigenvalue weighted by Gasteiger charge is -2.16. The lowest BCUT2D eigenvalue weighted by molar-refractivity contribution is 0.271. The fraction of sp³-hybridized carbons (Fsp3) is 0.429. The van der Waals surface area contributed by atoms with Gasteiger partial charge in [-0.15, -0.1) is 0 Å². The first-order valence-corrected chi connectivity index (χ1v) is 9.76. The first kappa shape index (κ1) is 20.7. The van der Waals surface area contributed by atoms with Crippen LogP contribution in [0.5, 0.6) is 0 Å². The molecule has 1 unspecified atom stereocenters. The van der Waals surface area contributed by atoms with Crippen molar-refractivity contribution in [2.75, 3.05) is 17.2 Å². The molecule has 27 heavy (non-hydrogen) atoms. The van der Waals surface area contributed by atoms with Crippen LogP contribution in [0.1, 0.15) is 39.7 Å². The van der Waals surface area contributed by atoms with Crippen molar-refractivity contribution in [3.63, 3.8) is 0 Å². The fourth-order valence-electron chi connectivity index (χ4n) is 2.75. The summed E-state index contributed by atoms with van der Waals surface area (Å²) in [6, 6.07) is 12.2. The number of hydrogen-bond acceptors (Lipinski definition) is 5. The van der Waals surface area contributed by atoms with E-state index < -0.39 is 0 Å². The monoisotopic (exact) mass is 369 g/mol. The van der Waals surface area contributed by atoms with E-state index in [1.807, 2.05) is 55.9 Å². The zero-order chi connectivity index (χ0) is 19.6. The first-order chi connectivity index (χ1) is 13.2. The molecule has 0 saturated heterocycles. The number of fused-ring (bicyclic) bond motifs is 1. The first-order valence-electron chi connectivity index (χ1n) is 9.76. The second-order valence-electron chi connectivity index (χ2n) is 6.03. The Kier molecular flexibility index (Phi) is 8.07. The van der Waals surface area contributed by atoms with Gasteiger partial charge in [0.25, 0.3) is 0 Å². The zero-order valence-corrected chi connectivity index (χ0v) is 16.7. The molecule has 3 aromatic rings. The van der Waals surface area contributed by atoms with Gasteiger partial charge in [0.2, 0.25) is 0 Å². The zero-order valence-electron chi connectivity index (χ0n) is 16.7. The van der Waals surface area contributed by atoms with E-state index in [2.05, 4.69) is 34.7 Å². The van der Waals surface area contributed by atoms with Crippen LogP contribution in [0.25, 0.3) is 11.2 Å². The molecule has 3 N–H and O–H groups in total. The molecule has 0 bridgehead atoms. The van der Waals surface area contributed by atoms with E-state index in [-0.39, 0.29) is 12.6 Å². The number of aryl methyl sites for hydroxylation is 1. The molecule has 0 spiro atoms. The van der Waals surface area contributed by atoms with Crippen molar-refractivity contribution in [2.24, 2.45) is 0 Å². The Hall–Kier alpha value is -2.60. The summed E-state index contributed by atoms with van der Waals surface area (Å²) in [4.78, 5) is 9.22. The van der Waals surface area contributed by atoms with Crippen molar-refractivity contribution >= 4 is 22.7 Å². The summed E-state index contributed by atoms with van der Waals surface area (Å²) >= 11 is 0. The van der Waals surface area contributed by atoms with Crippen LogP contribution in [0.2, 0.25) is 0 Å². The molecule has 0 aliphatic heterocycles. The van der Waals surface area contributed by atoms with Crippen LogP contribution in [-0.2, 0) is 13.1 Å². The van der Waals surface area contributed by atoms with Gasteiger partial charge in [-0.05, 0) is 18.9 Å². The van der Waals surface area contributed by atoms with Gasteiger partial charge >= 0.3 is 0 Å². The van der Waals surface area contributed by atoms with Crippen LogP contribution >= 0.6 is 0 Å². The highest BCUT2D eigenvalue weighted by Crippen LogP contribution is 2.25. The van der Waals surface area contributed by atoms with Gasteiger partial charge in [-0.2, -0.15) is 0 Å². The van der Waals surface area contributed by atoms with Crippen LogP contribution in [0.4, 0.5) is 11.5 Å². The maximum absolute atomic E-state index is 9.46. The molecule has 0 saturated carbocycles. The summed E-state index contributed by atoms with van der Waals surface area (Å²) in [7, 11) is 0. The van der Waals surface area contributed by atoms with Gasteiger partial charge in [0.15, 0.2) is 5.65 Å². The Labute approximate surface area is 161 Å². The minimum Gasteiger partial charge on any atom is -0.394 e. The number of nitrogens with zero attached hydrogens (tertiary/aromatic N) is 3. The largest absolute Gasteiger partial charge is 0.394 e. The fourth-order valence-corrected chi connectivity index (χ4v) is 2.75. The Morgan fingerprint density at radius 3 is 2.52 bits per heavy atom. The van der Waals surface area contributed by atoms with Crippen molar-refractivity contribution in [1.82, 2.24) is 14.5 Å². The number of rotatable bonds is 8. The molecule has 0 radical (unpaired) electrons. The molecule has 0 aliphatic carbocycles. The number of benzene rings is 1. The van der Waals surface area contributed by atoms with Gasteiger partial charge in [-0.1, -0.05) is 51.1 Å². The van der Waals surface area contributed by atoms with Gasteiger partial charge in [0.1, 0.15) is 11.3 Å². The van der Waals surface area contributed by atoms with Gasteiger partial charge in [0.05, 0.1) is 24.7 Å². The standard InChI is InChI=1S/C19H25N5O.C2H6/c1-3-15(12-25)22-17-10-16(20-11-14-8-6-5-7-9-14)18-19(23-17)24(4-2)13-21-18;1-2/h5-10,13,15,25H,3-4,11-12H2,1-2H3,(H2,20,22,23);1-2H3. The Bertz CT molecular complexity index is 812. The highest BCUT2D eigenvalue weighted by Gasteiger charge is 2.13. The van der Waals surface area contributed by atoms with E-state index in [4.69, 9.17) is 4.98 Å². The summed E-state index contributed by atoms with van der Waals surface area (Å²) in [5.74, 6) is 0.749. The van der Waals surface area contributed by atoms with Crippen LogP contribution in [0, 0.1) is 0 Å². The molecule has 1 aromatic carbocycles. The van der Waals surface area contributed by atoms with Crippen LogP contribution < -0.4 is 10.6 Å². The second-order valence-corrected chi connectivity index (χ2v) is 6.03. The van der Waals surface area contributed by atoms with E-state index in [9.17, 15) is 5.11 Å². The highest BCUT2D eigenvalue weighted by atomic mass is 16.3. The summed E-state index contributed by atoms with van der Waals surface area (Å²) in [5, 5.41) is 16.2. The molecule has 0 amide bonds. The molecule has 0 aliphatic rings. The smallest absolute Gasteiger partial charge is 0.164 e. The number of imidazole rings is 1. The Morgan fingerprint density at radius 1 is 1.15 bits per heavy atom. The predicted molar refractivity (Wildman–Crippen MR) is 113 cm³/mol. The second kappa shape index (κ2) is 10.5. The number of nitrogens with one attached hydrogen (secondary N) is 2. The summed E-state index contributed by atoms with van der Waals surface area (Å²) in [5.41, 5.74) is 3.85. The van der Waals surface area contributed by atoms with E-state index in [1.54, 1.807) is 0 Å². The topological polar surface area (TPSA) is 75.0 Å². The van der Waals surface area contributed by atoms with Crippen molar-refractivity contribution in [2.45, 2.75) is 53.2 Å². The van der Waals surface area contributed by atoms with Gasteiger partial charge in [0, 0.05) is 19.2 Å². The van der Waals surface area contributed by atoms with E-state index in [1.165, 1.54) is 5.56 Å². The number of hydrogen-bond donors (Lipinski definition) is 3. The van der Waals surface area contributed by atoms with Crippen molar-refractivity contribution in [3.05, 3.63) is 48.3 Å². The third-order valence-electron chi connectivity index (χ3n) is 4.30. The highest BCUT2D eigenvalue weighted by molar-refractivity contribution is 5.88. The molecule has 3 rings (SSSR count). The maximum Gasteiger partial charge on any atom is 0.164 e. The average molecular weight is 370 g/mol. The Balaban J connectivity index is 0.00000126. The molecule has 6 nitrogen and oxygen atoms in total. The van der Waals surface area contributed by atoms with Crippen LogP contribution in [0.3, 0.4) is 0 Å². The average Bonchev–Trinajstić information content (AvgIpc) is 3.15. The number of aliphatic hydroxyl groups is 1. The molecule has 2 aromatic heterocycles. The number of aliphatic hydroxyl groups excluding tert-OH is 1. The van der Waals surface area contributed by atoms with E-state index in [0.29, 0.717) is 0 Å². The summed E-state index contributed by atoms with van der Waals surface area (Å²) < 4.78 is 2.02. The van der Waals surface area contributed by atoms with Crippen molar-refractivity contribution < 1.29 is 5.11 Å². The van der Waals surface area contributed by atoms with Crippen molar-refractivity contribution in [3.8, 4) is 0 Å². The molecule has 0 fully saturated rings. The maximum atomic E-state index is 9.46. The van der Waals surface area contributed by atoms with Gasteiger partial charge in [-0.25, -0.2) is 9.97 Å². The molecule has 1 atom stereocenters. The minimum atomic E-state index is -0.00933. The molecule has 6 heteroatoms. The van der Waals surface area contributed by atoms with Gasteiger partial charge in [-0.3, -0.25) is 0 Å². The lowest BCUT2D eigenvalue weighted by Crippen LogP contribution is -2.23. The summed E-state index contributed by atoms with van der Waals surface area (Å²) in [6.07, 6.45) is 2.65. The predicted octanol–water partition coefficient (Wildman–Crippen LogP) is 4.27. The number of anilines is 2.